The van der Waals surface area contributed by atoms with Crippen molar-refractivity contribution in [1.29, 1.82) is 0 Å². The van der Waals surface area contributed by atoms with E-state index in [2.05, 4.69) is 0 Å². The van der Waals surface area contributed by atoms with Gasteiger partial charge in [-0.25, -0.2) is 0 Å². The van der Waals surface area contributed by atoms with Crippen molar-refractivity contribution >= 4 is 29.0 Å². The molecule has 0 radical (unpaired) electrons. The molecule has 0 aromatic heterocycles. The summed E-state index contributed by atoms with van der Waals surface area (Å²) in [5.41, 5.74) is 0.798. The first kappa shape index (κ1) is 13.7. The molecule has 1 aliphatic heterocycles. The number of rotatable bonds is 4. The van der Waals surface area contributed by atoms with Crippen LogP contribution >= 0.6 is 11.8 Å². The molecule has 0 saturated carbocycles. The number of carbonyl (C=O) groups excluding carboxylic acids is 2. The standard InChI is InChI=1S/C14H15NO3S/c1-3-8-15-13(16)12(19-14(15)17)9-10-6-4-5-7-11(10)18-2/h4-7,9H,3,8H2,1-2H3/b12-9+. The van der Waals surface area contributed by atoms with E-state index in [1.54, 1.807) is 13.2 Å². The lowest BCUT2D eigenvalue weighted by molar-refractivity contribution is -0.122. The molecule has 2 amide bonds. The normalized spacial score (nSPS) is 17.4. The van der Waals surface area contributed by atoms with Crippen LogP contribution in [0.5, 0.6) is 5.75 Å². The second-order valence-electron chi connectivity index (χ2n) is 4.08. The van der Waals surface area contributed by atoms with Crippen LogP contribution in [-0.2, 0) is 4.79 Å². The highest BCUT2D eigenvalue weighted by Gasteiger charge is 2.34. The van der Waals surface area contributed by atoms with Crippen LogP contribution in [0.2, 0.25) is 0 Å². The Hall–Kier alpha value is -1.75. The molecule has 0 spiro atoms. The van der Waals surface area contributed by atoms with Gasteiger partial charge < -0.3 is 4.74 Å². The molecule has 1 saturated heterocycles. The zero-order valence-electron chi connectivity index (χ0n) is 10.9. The highest BCUT2D eigenvalue weighted by molar-refractivity contribution is 8.18. The SMILES string of the molecule is CCCN1C(=O)S/C(=C/c2ccccc2OC)C1=O. The predicted molar refractivity (Wildman–Crippen MR) is 76.0 cm³/mol. The number of hydrogen-bond acceptors (Lipinski definition) is 4. The smallest absolute Gasteiger partial charge is 0.293 e. The van der Waals surface area contributed by atoms with E-state index in [1.807, 2.05) is 31.2 Å². The lowest BCUT2D eigenvalue weighted by atomic mass is 10.2. The van der Waals surface area contributed by atoms with Crippen LogP contribution in [0, 0.1) is 0 Å². The summed E-state index contributed by atoms with van der Waals surface area (Å²) >= 11 is 0.979. The average molecular weight is 277 g/mol. The average Bonchev–Trinajstić information content (AvgIpc) is 2.67. The van der Waals surface area contributed by atoms with Gasteiger partial charge in [0.2, 0.25) is 0 Å². The minimum atomic E-state index is -0.220. The quantitative estimate of drug-likeness (QED) is 0.793. The molecule has 1 aromatic carbocycles. The topological polar surface area (TPSA) is 46.6 Å². The monoisotopic (exact) mass is 277 g/mol. The second kappa shape index (κ2) is 5.93. The lowest BCUT2D eigenvalue weighted by Gasteiger charge is -2.09. The van der Waals surface area contributed by atoms with Crippen molar-refractivity contribution in [2.45, 2.75) is 13.3 Å². The van der Waals surface area contributed by atoms with Crippen molar-refractivity contribution in [2.24, 2.45) is 0 Å². The summed E-state index contributed by atoms with van der Waals surface area (Å²) in [5, 5.41) is -0.201. The Morgan fingerprint density at radius 2 is 2.05 bits per heavy atom. The van der Waals surface area contributed by atoms with Crippen molar-refractivity contribution in [3.05, 3.63) is 34.7 Å². The number of benzene rings is 1. The molecule has 1 heterocycles. The van der Waals surface area contributed by atoms with Crippen LogP contribution in [0.15, 0.2) is 29.2 Å². The number of carbonyl (C=O) groups is 2. The van der Waals surface area contributed by atoms with Gasteiger partial charge in [0.15, 0.2) is 0 Å². The highest BCUT2D eigenvalue weighted by atomic mass is 32.2. The molecule has 1 aliphatic rings. The minimum absolute atomic E-state index is 0.201. The van der Waals surface area contributed by atoms with Gasteiger partial charge in [-0.05, 0) is 30.3 Å². The summed E-state index contributed by atoms with van der Waals surface area (Å²) < 4.78 is 5.23. The molecule has 0 bridgehead atoms. The molecular weight excluding hydrogens is 262 g/mol. The Morgan fingerprint density at radius 1 is 1.32 bits per heavy atom. The predicted octanol–water partition coefficient (Wildman–Crippen LogP) is 3.14. The van der Waals surface area contributed by atoms with E-state index >= 15 is 0 Å². The summed E-state index contributed by atoms with van der Waals surface area (Å²) in [6, 6.07) is 7.40. The Kier molecular flexibility index (Phi) is 4.27. The maximum atomic E-state index is 12.1. The van der Waals surface area contributed by atoms with Crippen LogP contribution in [0.3, 0.4) is 0 Å². The molecule has 1 aromatic rings. The maximum absolute atomic E-state index is 12.1. The Bertz CT molecular complexity index is 539. The third-order valence-electron chi connectivity index (χ3n) is 2.75. The van der Waals surface area contributed by atoms with Crippen molar-refractivity contribution in [3.8, 4) is 5.75 Å². The summed E-state index contributed by atoms with van der Waals surface area (Å²) in [5.74, 6) is 0.465. The number of para-hydroxylation sites is 1. The third-order valence-corrected chi connectivity index (χ3v) is 3.65. The molecule has 0 aliphatic carbocycles. The molecule has 5 heteroatoms. The fourth-order valence-electron chi connectivity index (χ4n) is 1.84. The summed E-state index contributed by atoms with van der Waals surface area (Å²) in [7, 11) is 1.58. The van der Waals surface area contributed by atoms with Crippen molar-refractivity contribution in [3.63, 3.8) is 0 Å². The summed E-state index contributed by atoms with van der Waals surface area (Å²) in [4.78, 5) is 25.5. The van der Waals surface area contributed by atoms with Crippen molar-refractivity contribution < 1.29 is 14.3 Å². The number of amides is 2. The van der Waals surface area contributed by atoms with Crippen molar-refractivity contribution in [2.75, 3.05) is 13.7 Å². The molecule has 4 nitrogen and oxygen atoms in total. The molecule has 0 N–H and O–H groups in total. The van der Waals surface area contributed by atoms with Crippen LogP contribution in [0.1, 0.15) is 18.9 Å². The first-order valence-electron chi connectivity index (χ1n) is 6.05. The number of methoxy groups -OCH3 is 1. The number of imide groups is 1. The van der Waals surface area contributed by atoms with E-state index in [-0.39, 0.29) is 11.1 Å². The van der Waals surface area contributed by atoms with Gasteiger partial charge in [0.25, 0.3) is 11.1 Å². The fourth-order valence-corrected chi connectivity index (χ4v) is 2.70. The molecule has 100 valence electrons. The van der Waals surface area contributed by atoms with Gasteiger partial charge in [-0.1, -0.05) is 25.1 Å². The first-order chi connectivity index (χ1) is 9.17. The molecule has 2 rings (SSSR count). The lowest BCUT2D eigenvalue weighted by Crippen LogP contribution is -2.28. The van der Waals surface area contributed by atoms with E-state index in [1.165, 1.54) is 4.90 Å². The number of hydrogen-bond donors (Lipinski definition) is 0. The summed E-state index contributed by atoms with van der Waals surface area (Å²) in [6.07, 6.45) is 2.47. The number of ether oxygens (including phenoxy) is 1. The van der Waals surface area contributed by atoms with Crippen LogP contribution in [0.4, 0.5) is 4.79 Å². The largest absolute Gasteiger partial charge is 0.496 e. The van der Waals surface area contributed by atoms with E-state index < -0.39 is 0 Å². The van der Waals surface area contributed by atoms with Crippen LogP contribution < -0.4 is 4.74 Å². The van der Waals surface area contributed by atoms with Gasteiger partial charge in [-0.3, -0.25) is 14.5 Å². The molecule has 19 heavy (non-hydrogen) atoms. The zero-order valence-corrected chi connectivity index (χ0v) is 11.7. The number of thioether (sulfide) groups is 1. The van der Waals surface area contributed by atoms with E-state index in [4.69, 9.17) is 4.74 Å². The third kappa shape index (κ3) is 2.81. The Labute approximate surface area is 116 Å². The molecular formula is C14H15NO3S. The molecule has 0 unspecified atom stereocenters. The molecule has 0 atom stereocenters. The van der Waals surface area contributed by atoms with Gasteiger partial charge in [0, 0.05) is 12.1 Å². The van der Waals surface area contributed by atoms with Gasteiger partial charge >= 0.3 is 0 Å². The van der Waals surface area contributed by atoms with Gasteiger partial charge in [0.1, 0.15) is 5.75 Å². The highest BCUT2D eigenvalue weighted by Crippen LogP contribution is 2.33. The van der Waals surface area contributed by atoms with Crippen molar-refractivity contribution in [1.82, 2.24) is 4.90 Å². The fraction of sp³-hybridized carbons (Fsp3) is 0.286. The summed E-state index contributed by atoms with van der Waals surface area (Å²) in [6.45, 7) is 2.40. The zero-order chi connectivity index (χ0) is 13.8. The second-order valence-corrected chi connectivity index (χ2v) is 5.07. The van der Waals surface area contributed by atoms with Gasteiger partial charge in [-0.2, -0.15) is 0 Å². The first-order valence-corrected chi connectivity index (χ1v) is 6.87. The Balaban J connectivity index is 2.30. The number of nitrogens with zero attached hydrogens (tertiary/aromatic N) is 1. The minimum Gasteiger partial charge on any atom is -0.496 e. The van der Waals surface area contributed by atoms with Gasteiger partial charge in [-0.15, -0.1) is 0 Å². The Morgan fingerprint density at radius 3 is 2.74 bits per heavy atom. The van der Waals surface area contributed by atoms with E-state index in [9.17, 15) is 9.59 Å². The van der Waals surface area contributed by atoms with Crippen LogP contribution in [0.25, 0.3) is 6.08 Å². The van der Waals surface area contributed by atoms with Crippen LogP contribution in [-0.4, -0.2) is 29.7 Å². The van der Waals surface area contributed by atoms with Gasteiger partial charge in [0.05, 0.1) is 12.0 Å². The molecule has 1 fully saturated rings. The maximum Gasteiger partial charge on any atom is 0.293 e. The van der Waals surface area contributed by atoms with E-state index in [0.29, 0.717) is 17.2 Å². The van der Waals surface area contributed by atoms with E-state index in [0.717, 1.165) is 23.7 Å².